The monoisotopic (exact) mass is 420 g/mol. The SMILES string of the molecule is Cc1ccc(-c2nnn(CC(=O)N(CC(=O)NCCC(C)C)c3ccccc3)n2)cc1. The molecule has 2 aromatic carbocycles. The van der Waals surface area contributed by atoms with Crippen LogP contribution in [-0.4, -0.2) is 45.1 Å². The molecular weight excluding hydrogens is 392 g/mol. The summed E-state index contributed by atoms with van der Waals surface area (Å²) in [6, 6.07) is 16.9. The molecule has 31 heavy (non-hydrogen) atoms. The molecule has 0 unspecified atom stereocenters. The molecule has 0 fully saturated rings. The van der Waals surface area contributed by atoms with Crippen molar-refractivity contribution in [1.82, 2.24) is 25.5 Å². The summed E-state index contributed by atoms with van der Waals surface area (Å²) in [6.07, 6.45) is 0.885. The van der Waals surface area contributed by atoms with Gasteiger partial charge in [0.25, 0.3) is 5.91 Å². The van der Waals surface area contributed by atoms with E-state index in [1.54, 1.807) is 12.1 Å². The smallest absolute Gasteiger partial charge is 0.251 e. The van der Waals surface area contributed by atoms with Gasteiger partial charge in [-0.2, -0.15) is 4.80 Å². The minimum Gasteiger partial charge on any atom is -0.355 e. The summed E-state index contributed by atoms with van der Waals surface area (Å²) in [5.41, 5.74) is 2.61. The maximum Gasteiger partial charge on any atom is 0.251 e. The number of carbonyl (C=O) groups excluding carboxylic acids is 2. The van der Waals surface area contributed by atoms with Crippen LogP contribution in [0.4, 0.5) is 5.69 Å². The van der Waals surface area contributed by atoms with Crippen molar-refractivity contribution < 1.29 is 9.59 Å². The van der Waals surface area contributed by atoms with Crippen molar-refractivity contribution in [1.29, 1.82) is 0 Å². The molecule has 0 aliphatic rings. The number of hydrogen-bond acceptors (Lipinski definition) is 5. The number of tetrazole rings is 1. The molecule has 0 saturated heterocycles. The molecule has 0 aliphatic carbocycles. The Balaban J connectivity index is 1.70. The van der Waals surface area contributed by atoms with Gasteiger partial charge < -0.3 is 10.2 Å². The molecule has 1 heterocycles. The molecule has 0 atom stereocenters. The van der Waals surface area contributed by atoms with Crippen LogP contribution in [0.3, 0.4) is 0 Å². The normalized spacial score (nSPS) is 10.8. The first-order valence-corrected chi connectivity index (χ1v) is 10.4. The number of amides is 2. The van der Waals surface area contributed by atoms with Crippen molar-refractivity contribution in [3.8, 4) is 11.4 Å². The maximum atomic E-state index is 13.0. The van der Waals surface area contributed by atoms with E-state index in [9.17, 15) is 9.59 Å². The van der Waals surface area contributed by atoms with Gasteiger partial charge in [-0.05, 0) is 36.6 Å². The number of nitrogens with zero attached hydrogens (tertiary/aromatic N) is 5. The van der Waals surface area contributed by atoms with E-state index < -0.39 is 0 Å². The average Bonchev–Trinajstić information content (AvgIpc) is 3.21. The number of nitrogens with one attached hydrogen (secondary N) is 1. The van der Waals surface area contributed by atoms with Crippen molar-refractivity contribution in [2.45, 2.75) is 33.7 Å². The predicted molar refractivity (Wildman–Crippen MR) is 119 cm³/mol. The van der Waals surface area contributed by atoms with Gasteiger partial charge >= 0.3 is 0 Å². The number of para-hydroxylation sites is 1. The van der Waals surface area contributed by atoms with Crippen LogP contribution in [0.5, 0.6) is 0 Å². The molecule has 2 amide bonds. The maximum absolute atomic E-state index is 13.0. The van der Waals surface area contributed by atoms with Gasteiger partial charge in [0.1, 0.15) is 13.1 Å². The van der Waals surface area contributed by atoms with Gasteiger partial charge in [0.15, 0.2) is 0 Å². The Morgan fingerprint density at radius 2 is 1.77 bits per heavy atom. The summed E-state index contributed by atoms with van der Waals surface area (Å²) in [5.74, 6) is 0.446. The predicted octanol–water partition coefficient (Wildman–Crippen LogP) is 2.84. The molecule has 162 valence electrons. The van der Waals surface area contributed by atoms with Crippen molar-refractivity contribution in [3.05, 3.63) is 60.2 Å². The number of aromatic nitrogens is 4. The minimum absolute atomic E-state index is 0.0690. The van der Waals surface area contributed by atoms with Gasteiger partial charge in [0.05, 0.1) is 0 Å². The topological polar surface area (TPSA) is 93.0 Å². The molecule has 0 spiro atoms. The quantitative estimate of drug-likeness (QED) is 0.575. The molecule has 3 rings (SSSR count). The van der Waals surface area contributed by atoms with Crippen LogP contribution in [0.1, 0.15) is 25.8 Å². The number of rotatable bonds is 9. The van der Waals surface area contributed by atoms with E-state index in [4.69, 9.17) is 0 Å². The number of carbonyl (C=O) groups is 2. The molecule has 8 heteroatoms. The zero-order valence-corrected chi connectivity index (χ0v) is 18.2. The fourth-order valence-electron chi connectivity index (χ4n) is 2.97. The van der Waals surface area contributed by atoms with Gasteiger partial charge in [-0.1, -0.05) is 61.9 Å². The Morgan fingerprint density at radius 3 is 2.45 bits per heavy atom. The van der Waals surface area contributed by atoms with E-state index >= 15 is 0 Å². The molecule has 3 aromatic rings. The van der Waals surface area contributed by atoms with Crippen molar-refractivity contribution in [3.63, 3.8) is 0 Å². The first-order chi connectivity index (χ1) is 14.9. The average molecular weight is 421 g/mol. The second-order valence-electron chi connectivity index (χ2n) is 7.86. The Morgan fingerprint density at radius 1 is 1.06 bits per heavy atom. The molecule has 0 radical (unpaired) electrons. The Bertz CT molecular complexity index is 998. The van der Waals surface area contributed by atoms with E-state index in [-0.39, 0.29) is 24.9 Å². The van der Waals surface area contributed by atoms with Gasteiger partial charge in [-0.3, -0.25) is 9.59 Å². The van der Waals surface area contributed by atoms with E-state index in [1.165, 1.54) is 9.70 Å². The number of hydrogen-bond donors (Lipinski definition) is 1. The molecular formula is C23H28N6O2. The van der Waals surface area contributed by atoms with Gasteiger partial charge in [0.2, 0.25) is 11.7 Å². The van der Waals surface area contributed by atoms with Crippen molar-refractivity contribution in [2.24, 2.45) is 5.92 Å². The van der Waals surface area contributed by atoms with E-state index in [1.807, 2.05) is 49.4 Å². The lowest BCUT2D eigenvalue weighted by Crippen LogP contribution is -2.42. The molecule has 0 aliphatic heterocycles. The third kappa shape index (κ3) is 6.47. The van der Waals surface area contributed by atoms with Crippen LogP contribution in [0.2, 0.25) is 0 Å². The zero-order chi connectivity index (χ0) is 22.2. The highest BCUT2D eigenvalue weighted by atomic mass is 16.2. The summed E-state index contributed by atoms with van der Waals surface area (Å²) in [5, 5.41) is 15.3. The van der Waals surface area contributed by atoms with Crippen molar-refractivity contribution >= 4 is 17.5 Å². The lowest BCUT2D eigenvalue weighted by Gasteiger charge is -2.22. The molecule has 1 aromatic heterocycles. The fourth-order valence-corrected chi connectivity index (χ4v) is 2.97. The van der Waals surface area contributed by atoms with Crippen molar-refractivity contribution in [2.75, 3.05) is 18.0 Å². The number of aryl methyl sites for hydroxylation is 1. The third-order valence-electron chi connectivity index (χ3n) is 4.75. The summed E-state index contributed by atoms with van der Waals surface area (Å²) < 4.78 is 0. The van der Waals surface area contributed by atoms with Gasteiger partial charge in [-0.25, -0.2) is 0 Å². The first kappa shape index (κ1) is 22.1. The molecule has 8 nitrogen and oxygen atoms in total. The molecule has 0 bridgehead atoms. The van der Waals surface area contributed by atoms with Gasteiger partial charge in [0, 0.05) is 17.8 Å². The summed E-state index contributed by atoms with van der Waals surface area (Å²) in [4.78, 5) is 28.2. The third-order valence-corrected chi connectivity index (χ3v) is 4.75. The second kappa shape index (κ2) is 10.5. The van der Waals surface area contributed by atoms with Crippen LogP contribution in [-0.2, 0) is 16.1 Å². The molecule has 0 saturated carbocycles. The van der Waals surface area contributed by atoms with Crippen LogP contribution in [0.15, 0.2) is 54.6 Å². The Hall–Kier alpha value is -3.55. The summed E-state index contributed by atoms with van der Waals surface area (Å²) >= 11 is 0. The lowest BCUT2D eigenvalue weighted by molar-refractivity contribution is -0.124. The largest absolute Gasteiger partial charge is 0.355 e. The van der Waals surface area contributed by atoms with Crippen LogP contribution in [0, 0.1) is 12.8 Å². The van der Waals surface area contributed by atoms with E-state index in [2.05, 4.69) is 34.6 Å². The van der Waals surface area contributed by atoms with Gasteiger partial charge in [-0.15, -0.1) is 10.2 Å². The van der Waals surface area contributed by atoms with Crippen LogP contribution >= 0.6 is 0 Å². The van der Waals surface area contributed by atoms with E-state index in [0.717, 1.165) is 17.5 Å². The van der Waals surface area contributed by atoms with Crippen LogP contribution < -0.4 is 10.2 Å². The highest BCUT2D eigenvalue weighted by Gasteiger charge is 2.21. The Kier molecular flexibility index (Phi) is 7.48. The Labute approximate surface area is 182 Å². The number of anilines is 1. The summed E-state index contributed by atoms with van der Waals surface area (Å²) in [7, 11) is 0. The highest BCUT2D eigenvalue weighted by molar-refractivity contribution is 5.98. The highest BCUT2D eigenvalue weighted by Crippen LogP contribution is 2.16. The summed E-state index contributed by atoms with van der Waals surface area (Å²) in [6.45, 7) is 6.60. The van der Waals surface area contributed by atoms with E-state index in [0.29, 0.717) is 24.0 Å². The minimum atomic E-state index is -0.293. The standard InChI is InChI=1S/C23H28N6O2/c1-17(2)13-14-24-21(30)15-28(20-7-5-4-6-8-20)22(31)16-29-26-23(25-27-29)19-11-9-18(3)10-12-19/h4-12,17H,13-16H2,1-3H3,(H,24,30). The zero-order valence-electron chi connectivity index (χ0n) is 18.2. The first-order valence-electron chi connectivity index (χ1n) is 10.4. The van der Waals surface area contributed by atoms with Crippen LogP contribution in [0.25, 0.3) is 11.4 Å². The number of benzene rings is 2. The molecule has 1 N–H and O–H groups in total. The lowest BCUT2D eigenvalue weighted by atomic mass is 10.1. The fraction of sp³-hybridized carbons (Fsp3) is 0.348. The second-order valence-corrected chi connectivity index (χ2v) is 7.86.